The highest BCUT2D eigenvalue weighted by molar-refractivity contribution is 7.89. The number of aromatic nitrogens is 2. The Morgan fingerprint density at radius 3 is 2.63 bits per heavy atom. The van der Waals surface area contributed by atoms with E-state index in [-0.39, 0.29) is 10.4 Å². The van der Waals surface area contributed by atoms with Crippen LogP contribution in [0.4, 0.5) is 0 Å². The van der Waals surface area contributed by atoms with E-state index in [4.69, 9.17) is 5.73 Å². The Labute approximate surface area is 114 Å². The van der Waals surface area contributed by atoms with E-state index < -0.39 is 10.0 Å². The number of rotatable bonds is 5. The molecule has 1 saturated carbocycles. The summed E-state index contributed by atoms with van der Waals surface area (Å²) in [6.45, 7) is 2.66. The molecule has 1 aliphatic rings. The van der Waals surface area contributed by atoms with E-state index in [0.29, 0.717) is 18.9 Å². The van der Waals surface area contributed by atoms with E-state index in [9.17, 15) is 8.42 Å². The minimum absolute atomic E-state index is 0.0830. The zero-order valence-corrected chi connectivity index (χ0v) is 12.1. The molecule has 0 unspecified atom stereocenters. The largest absolute Gasteiger partial charge is 0.332 e. The van der Waals surface area contributed by atoms with E-state index in [1.165, 1.54) is 12.6 Å². The first-order valence-corrected chi connectivity index (χ1v) is 8.17. The lowest BCUT2D eigenvalue weighted by Gasteiger charge is -2.36. The van der Waals surface area contributed by atoms with Gasteiger partial charge in [-0.15, -0.1) is 0 Å². The average Bonchev–Trinajstić information content (AvgIpc) is 2.85. The van der Waals surface area contributed by atoms with Crippen molar-refractivity contribution in [2.24, 2.45) is 11.1 Å². The Balaban J connectivity index is 2.04. The second kappa shape index (κ2) is 5.60. The first-order valence-electron chi connectivity index (χ1n) is 6.69. The Morgan fingerprint density at radius 2 is 2.11 bits per heavy atom. The third-order valence-corrected chi connectivity index (χ3v) is 5.26. The van der Waals surface area contributed by atoms with Crippen molar-refractivity contribution >= 4 is 10.0 Å². The van der Waals surface area contributed by atoms with Crippen molar-refractivity contribution < 1.29 is 8.42 Å². The van der Waals surface area contributed by atoms with Crippen LogP contribution >= 0.6 is 0 Å². The molecule has 108 valence electrons. The van der Waals surface area contributed by atoms with Crippen molar-refractivity contribution in [2.75, 3.05) is 13.1 Å². The van der Waals surface area contributed by atoms with Gasteiger partial charge in [0.15, 0.2) is 5.03 Å². The lowest BCUT2D eigenvalue weighted by Crippen LogP contribution is -2.43. The van der Waals surface area contributed by atoms with Gasteiger partial charge in [0.05, 0.1) is 6.20 Å². The minimum atomic E-state index is -3.51. The fourth-order valence-corrected chi connectivity index (χ4v) is 3.74. The molecule has 0 atom stereocenters. The third-order valence-electron chi connectivity index (χ3n) is 3.95. The molecule has 4 N–H and O–H groups in total. The van der Waals surface area contributed by atoms with Gasteiger partial charge in [-0.1, -0.05) is 19.3 Å². The van der Waals surface area contributed by atoms with E-state index >= 15 is 0 Å². The number of nitrogens with two attached hydrogens (primary N) is 1. The normalized spacial score (nSPS) is 19.5. The van der Waals surface area contributed by atoms with Gasteiger partial charge in [-0.25, -0.2) is 18.1 Å². The van der Waals surface area contributed by atoms with Gasteiger partial charge in [-0.05, 0) is 31.7 Å². The van der Waals surface area contributed by atoms with Crippen LogP contribution in [0.3, 0.4) is 0 Å². The minimum Gasteiger partial charge on any atom is -0.332 e. The molecule has 0 aromatic carbocycles. The first-order chi connectivity index (χ1) is 8.97. The van der Waals surface area contributed by atoms with E-state index in [0.717, 1.165) is 25.7 Å². The van der Waals surface area contributed by atoms with Crippen LogP contribution in [0.1, 0.15) is 37.9 Å². The SMILES string of the molecule is Cc1ncc(S(=O)(=O)NCC2(CN)CCCCC2)[nH]1. The van der Waals surface area contributed by atoms with Crippen LogP contribution in [0.15, 0.2) is 11.2 Å². The molecule has 1 fully saturated rings. The molecule has 0 bridgehead atoms. The van der Waals surface area contributed by atoms with Gasteiger partial charge in [0.25, 0.3) is 10.0 Å². The maximum absolute atomic E-state index is 12.1. The summed E-state index contributed by atoms with van der Waals surface area (Å²) in [7, 11) is -3.51. The third kappa shape index (κ3) is 3.34. The molecular formula is C12H22N4O2S. The molecule has 0 radical (unpaired) electrons. The highest BCUT2D eigenvalue weighted by Crippen LogP contribution is 2.34. The predicted molar refractivity (Wildman–Crippen MR) is 73.1 cm³/mol. The van der Waals surface area contributed by atoms with Crippen molar-refractivity contribution in [3.8, 4) is 0 Å². The van der Waals surface area contributed by atoms with Crippen molar-refractivity contribution in [1.82, 2.24) is 14.7 Å². The molecular weight excluding hydrogens is 264 g/mol. The van der Waals surface area contributed by atoms with Crippen LogP contribution in [0.2, 0.25) is 0 Å². The number of sulfonamides is 1. The number of nitrogens with zero attached hydrogens (tertiary/aromatic N) is 1. The molecule has 0 saturated heterocycles. The monoisotopic (exact) mass is 286 g/mol. The quantitative estimate of drug-likeness (QED) is 0.748. The highest BCUT2D eigenvalue weighted by Gasteiger charge is 2.32. The van der Waals surface area contributed by atoms with Gasteiger partial charge >= 0.3 is 0 Å². The number of aromatic amines is 1. The van der Waals surface area contributed by atoms with Gasteiger partial charge in [0, 0.05) is 6.54 Å². The lowest BCUT2D eigenvalue weighted by molar-refractivity contribution is 0.202. The van der Waals surface area contributed by atoms with Gasteiger partial charge in [-0.2, -0.15) is 0 Å². The number of H-pyrrole nitrogens is 1. The van der Waals surface area contributed by atoms with Crippen LogP contribution in [0.25, 0.3) is 0 Å². The second-order valence-electron chi connectivity index (χ2n) is 5.42. The summed E-state index contributed by atoms with van der Waals surface area (Å²) < 4.78 is 26.9. The van der Waals surface area contributed by atoms with Gasteiger partial charge in [0.2, 0.25) is 0 Å². The van der Waals surface area contributed by atoms with Gasteiger partial charge in [0.1, 0.15) is 5.82 Å². The molecule has 1 aliphatic carbocycles. The summed E-state index contributed by atoms with van der Waals surface area (Å²) in [4.78, 5) is 6.66. The molecule has 1 heterocycles. The van der Waals surface area contributed by atoms with Crippen molar-refractivity contribution in [2.45, 2.75) is 44.1 Å². The standard InChI is InChI=1S/C12H22N4O2S/c1-10-14-7-11(16-10)19(17,18)15-9-12(8-13)5-3-2-4-6-12/h7,15H,2-6,8-9,13H2,1H3,(H,14,16). The Morgan fingerprint density at radius 1 is 1.42 bits per heavy atom. The Hall–Kier alpha value is -0.920. The molecule has 1 aromatic heterocycles. The average molecular weight is 286 g/mol. The highest BCUT2D eigenvalue weighted by atomic mass is 32.2. The number of imidazole rings is 1. The maximum atomic E-state index is 12.1. The zero-order chi connectivity index (χ0) is 13.9. The summed E-state index contributed by atoms with van der Waals surface area (Å²) in [6, 6.07) is 0. The second-order valence-corrected chi connectivity index (χ2v) is 7.16. The first kappa shape index (κ1) is 14.5. The summed E-state index contributed by atoms with van der Waals surface area (Å²) in [5, 5.41) is 0.119. The smallest absolute Gasteiger partial charge is 0.257 e. The fraction of sp³-hybridized carbons (Fsp3) is 0.750. The van der Waals surface area contributed by atoms with Crippen LogP contribution in [0, 0.1) is 12.3 Å². The molecule has 19 heavy (non-hydrogen) atoms. The van der Waals surface area contributed by atoms with Crippen LogP contribution in [-0.2, 0) is 10.0 Å². The molecule has 0 aliphatic heterocycles. The van der Waals surface area contributed by atoms with E-state index in [2.05, 4.69) is 14.7 Å². The van der Waals surface area contributed by atoms with Crippen LogP contribution in [-0.4, -0.2) is 31.5 Å². The van der Waals surface area contributed by atoms with Gasteiger partial charge in [-0.3, -0.25) is 0 Å². The zero-order valence-electron chi connectivity index (χ0n) is 11.3. The number of aryl methyl sites for hydroxylation is 1. The van der Waals surface area contributed by atoms with E-state index in [1.807, 2.05) is 0 Å². The van der Waals surface area contributed by atoms with E-state index in [1.54, 1.807) is 6.92 Å². The summed E-state index contributed by atoms with van der Waals surface area (Å²) >= 11 is 0. The molecule has 2 rings (SSSR count). The van der Waals surface area contributed by atoms with Crippen LogP contribution in [0.5, 0.6) is 0 Å². The summed E-state index contributed by atoms with van der Waals surface area (Å²) in [5.74, 6) is 0.589. The molecule has 1 aromatic rings. The number of nitrogens with one attached hydrogen (secondary N) is 2. The molecule has 0 spiro atoms. The van der Waals surface area contributed by atoms with Crippen LogP contribution < -0.4 is 10.5 Å². The predicted octanol–water partition coefficient (Wildman–Crippen LogP) is 0.906. The molecule has 6 nitrogen and oxygen atoms in total. The van der Waals surface area contributed by atoms with Crippen molar-refractivity contribution in [3.63, 3.8) is 0 Å². The van der Waals surface area contributed by atoms with Gasteiger partial charge < -0.3 is 10.7 Å². The molecule has 0 amide bonds. The Bertz CT molecular complexity index is 518. The van der Waals surface area contributed by atoms with Crippen molar-refractivity contribution in [1.29, 1.82) is 0 Å². The maximum Gasteiger partial charge on any atom is 0.257 e. The topological polar surface area (TPSA) is 101 Å². The summed E-state index contributed by atoms with van der Waals surface area (Å²) in [5.41, 5.74) is 5.77. The number of hydrogen-bond donors (Lipinski definition) is 3. The van der Waals surface area contributed by atoms with Crippen molar-refractivity contribution in [3.05, 3.63) is 12.0 Å². The summed E-state index contributed by atoms with van der Waals surface area (Å²) in [6.07, 6.45) is 6.80. The Kier molecular flexibility index (Phi) is 4.27. The lowest BCUT2D eigenvalue weighted by atomic mass is 9.74. The number of hydrogen-bond acceptors (Lipinski definition) is 4. The fourth-order valence-electron chi connectivity index (χ4n) is 2.62. The molecule has 7 heteroatoms.